The lowest BCUT2D eigenvalue weighted by Gasteiger charge is -2.48. The third-order valence-electron chi connectivity index (χ3n) is 3.62. The van der Waals surface area contributed by atoms with Gasteiger partial charge >= 0.3 is 5.97 Å². The summed E-state index contributed by atoms with van der Waals surface area (Å²) in [6.07, 6.45) is 1.61. The van der Waals surface area contributed by atoms with Crippen molar-refractivity contribution >= 4 is 14.3 Å². The van der Waals surface area contributed by atoms with Gasteiger partial charge < -0.3 is 9.16 Å². The van der Waals surface area contributed by atoms with Gasteiger partial charge in [0.05, 0.1) is 7.11 Å². The Morgan fingerprint density at radius 2 is 2.00 bits per heavy atom. The first-order valence-corrected chi connectivity index (χ1v) is 9.25. The lowest BCUT2D eigenvalue weighted by Crippen LogP contribution is -2.40. The zero-order valence-electron chi connectivity index (χ0n) is 12.6. The van der Waals surface area contributed by atoms with Crippen LogP contribution in [0.1, 0.15) is 36.8 Å². The van der Waals surface area contributed by atoms with Crippen molar-refractivity contribution in [3.63, 3.8) is 0 Å². The van der Waals surface area contributed by atoms with Gasteiger partial charge in [0.25, 0.3) is 0 Å². The van der Waals surface area contributed by atoms with Crippen LogP contribution >= 0.6 is 0 Å². The van der Waals surface area contributed by atoms with Crippen molar-refractivity contribution < 1.29 is 14.0 Å². The van der Waals surface area contributed by atoms with E-state index in [4.69, 9.17) is 4.43 Å². The molecule has 1 aromatic rings. The number of methoxy groups -OCH3 is 1. The second-order valence-corrected chi connectivity index (χ2v) is 10.9. The van der Waals surface area contributed by atoms with Crippen LogP contribution in [0.5, 0.6) is 0 Å². The summed E-state index contributed by atoms with van der Waals surface area (Å²) in [6.45, 7) is 11.5. The van der Waals surface area contributed by atoms with Crippen LogP contribution in [0.4, 0.5) is 0 Å². The second kappa shape index (κ2) is 5.84. The third kappa shape index (κ3) is 4.14. The maximum absolute atomic E-state index is 11.4. The Hall–Kier alpha value is -1.20. The first-order chi connectivity index (χ1) is 8.67. The topological polar surface area (TPSA) is 48.4 Å². The molecule has 1 heterocycles. The predicted octanol–water partition coefficient (Wildman–Crippen LogP) is 3.39. The lowest BCUT2D eigenvalue weighted by molar-refractivity contribution is 0.0594. The van der Waals surface area contributed by atoms with Crippen molar-refractivity contribution in [3.05, 3.63) is 29.6 Å². The fraction of sp³-hybridized carbons (Fsp3) is 0.571. The Bertz CT molecular complexity index is 452. The molecule has 0 N–H and O–H groups in total. The molecule has 1 rings (SSSR count). The van der Waals surface area contributed by atoms with E-state index < -0.39 is 14.3 Å². The Kier molecular flexibility index (Phi) is 4.87. The van der Waals surface area contributed by atoms with Gasteiger partial charge in [0, 0.05) is 12.8 Å². The van der Waals surface area contributed by atoms with E-state index in [1.54, 1.807) is 12.3 Å². The molecule has 0 saturated heterocycles. The van der Waals surface area contributed by atoms with Crippen LogP contribution in [0.3, 0.4) is 0 Å². The first-order valence-electron chi connectivity index (χ1n) is 6.34. The molecule has 107 valence electrons. The van der Waals surface area contributed by atoms with Crippen LogP contribution in [-0.4, -0.2) is 26.4 Å². The fourth-order valence-corrected chi connectivity index (χ4v) is 2.22. The summed E-state index contributed by atoms with van der Waals surface area (Å²) >= 11 is 0. The average Bonchev–Trinajstić information content (AvgIpc) is 2.34. The molecule has 0 bridgehead atoms. The van der Waals surface area contributed by atoms with E-state index in [0.717, 1.165) is 5.56 Å². The molecule has 0 radical (unpaired) electrons. The largest absolute Gasteiger partial charge is 0.561 e. The number of carbonyl (C=O) groups excluding carboxylic acids is 1. The molecule has 0 fully saturated rings. The molecule has 19 heavy (non-hydrogen) atoms. The molecule has 0 spiro atoms. The zero-order chi connectivity index (χ0) is 14.7. The number of aromatic nitrogens is 1. The third-order valence-corrected chi connectivity index (χ3v) is 8.10. The zero-order valence-corrected chi connectivity index (χ0v) is 13.6. The summed E-state index contributed by atoms with van der Waals surface area (Å²) in [6, 6.07) is 3.58. The summed E-state index contributed by atoms with van der Waals surface area (Å²) < 4.78 is 10.8. The van der Waals surface area contributed by atoms with Crippen LogP contribution in [0.15, 0.2) is 18.3 Å². The number of nitrogens with zero attached hydrogens (tertiary/aromatic N) is 1. The molecule has 0 aliphatic heterocycles. The van der Waals surface area contributed by atoms with E-state index in [0.29, 0.717) is 12.3 Å². The van der Waals surface area contributed by atoms with Crippen molar-refractivity contribution in [3.8, 4) is 0 Å². The van der Waals surface area contributed by atoms with Crippen molar-refractivity contribution in [2.24, 2.45) is 0 Å². The highest BCUT2D eigenvalue weighted by atomic mass is 28.4. The van der Waals surface area contributed by atoms with Crippen molar-refractivity contribution in [2.75, 3.05) is 7.11 Å². The van der Waals surface area contributed by atoms with E-state index >= 15 is 0 Å². The van der Waals surface area contributed by atoms with E-state index in [2.05, 4.69) is 43.6 Å². The molecule has 0 amide bonds. The molecule has 0 saturated carbocycles. The highest BCUT2D eigenvalue weighted by Gasteiger charge is 2.24. The molecule has 5 heteroatoms. The molecule has 4 nitrogen and oxygen atoms in total. The van der Waals surface area contributed by atoms with Gasteiger partial charge in [0.1, 0.15) is 5.69 Å². The molecule has 0 unspecified atom stereocenters. The number of hydrogen-bond donors (Lipinski definition) is 0. The number of hydrogen-bond acceptors (Lipinski definition) is 4. The van der Waals surface area contributed by atoms with Crippen LogP contribution in [0.2, 0.25) is 18.1 Å². The summed E-state index contributed by atoms with van der Waals surface area (Å²) in [4.78, 5) is 15.4. The molecule has 0 aromatic carbocycles. The SMILES string of the molecule is COC(=O)c1cc(CO[Si-](C)(C)C(C)(C)C)ccn1. The van der Waals surface area contributed by atoms with Crippen molar-refractivity contribution in [1.82, 2.24) is 4.98 Å². The van der Waals surface area contributed by atoms with Gasteiger partial charge in [-0.1, -0.05) is 20.8 Å². The Labute approximate surface area is 116 Å². The average molecular weight is 281 g/mol. The van der Waals surface area contributed by atoms with E-state index in [1.165, 1.54) is 7.11 Å². The first kappa shape index (κ1) is 15.9. The van der Waals surface area contributed by atoms with E-state index in [1.807, 2.05) is 6.07 Å². The van der Waals surface area contributed by atoms with E-state index in [-0.39, 0.29) is 5.04 Å². The van der Waals surface area contributed by atoms with Gasteiger partial charge in [-0.3, -0.25) is 0 Å². The lowest BCUT2D eigenvalue weighted by atomic mass is 10.2. The smallest absolute Gasteiger partial charge is 0.356 e. The highest BCUT2D eigenvalue weighted by molar-refractivity contribution is 6.74. The van der Waals surface area contributed by atoms with Gasteiger partial charge in [0.15, 0.2) is 0 Å². The van der Waals surface area contributed by atoms with Crippen molar-refractivity contribution in [2.45, 2.75) is 45.5 Å². The van der Waals surface area contributed by atoms with Crippen LogP contribution in [0, 0.1) is 0 Å². The normalized spacial score (nSPS) is 12.3. The van der Waals surface area contributed by atoms with Crippen molar-refractivity contribution in [1.29, 1.82) is 0 Å². The number of rotatable bonds is 4. The minimum absolute atomic E-state index is 0.172. The van der Waals surface area contributed by atoms with Gasteiger partial charge in [-0.05, 0) is 26.0 Å². The van der Waals surface area contributed by atoms with Crippen LogP contribution in [-0.2, 0) is 15.8 Å². The van der Waals surface area contributed by atoms with Gasteiger partial charge in [-0.2, -0.15) is 0 Å². The Balaban J connectivity index is 2.76. The monoisotopic (exact) mass is 281 g/mol. The fourth-order valence-electron chi connectivity index (χ4n) is 1.26. The van der Waals surface area contributed by atoms with Gasteiger partial charge in [-0.15, -0.1) is 18.1 Å². The Morgan fingerprint density at radius 1 is 1.37 bits per heavy atom. The maximum Gasteiger partial charge on any atom is 0.356 e. The molecular formula is C14H23NO3Si-. The summed E-state index contributed by atoms with van der Waals surface area (Å²) in [5.74, 6) is -0.422. The minimum Gasteiger partial charge on any atom is -0.561 e. The van der Waals surface area contributed by atoms with E-state index in [9.17, 15) is 4.79 Å². The molecule has 0 atom stereocenters. The number of carbonyl (C=O) groups is 1. The standard InChI is InChI=1S/C14H23NO3Si/c1-14(2,3)19(5,6)18-10-11-7-8-15-12(9-11)13(16)17-4/h7-9H,10H2,1-6H3/q-1. The number of ether oxygens (including phenoxy) is 1. The summed E-state index contributed by atoms with van der Waals surface area (Å²) in [5, 5.41) is 0.172. The van der Waals surface area contributed by atoms with Gasteiger partial charge in [-0.25, -0.2) is 9.78 Å². The second-order valence-electron chi connectivity index (χ2n) is 6.09. The number of esters is 1. The van der Waals surface area contributed by atoms with Crippen LogP contribution < -0.4 is 0 Å². The Morgan fingerprint density at radius 3 is 2.53 bits per heavy atom. The van der Waals surface area contributed by atoms with Gasteiger partial charge in [0.2, 0.25) is 0 Å². The molecule has 1 aromatic heterocycles. The highest BCUT2D eigenvalue weighted by Crippen LogP contribution is 2.37. The summed E-state index contributed by atoms with van der Waals surface area (Å²) in [5.41, 5.74) is 1.26. The molecule has 0 aliphatic carbocycles. The quantitative estimate of drug-likeness (QED) is 0.627. The molecule has 0 aliphatic rings. The number of pyridine rings is 1. The predicted molar refractivity (Wildman–Crippen MR) is 77.6 cm³/mol. The maximum atomic E-state index is 11.4. The minimum atomic E-state index is -1.78. The molecular weight excluding hydrogens is 258 g/mol. The summed E-state index contributed by atoms with van der Waals surface area (Å²) in [7, 11) is -0.427. The van der Waals surface area contributed by atoms with Crippen LogP contribution in [0.25, 0.3) is 0 Å².